The quantitative estimate of drug-likeness (QED) is 0.480. The molecule has 2 fully saturated rings. The maximum Gasteiger partial charge on any atom is 0.330 e. The van der Waals surface area contributed by atoms with E-state index in [0.717, 1.165) is 30.6 Å². The summed E-state index contributed by atoms with van der Waals surface area (Å²) in [5.41, 5.74) is 2.58. The Hall–Kier alpha value is -1.57. The second kappa shape index (κ2) is 8.41. The van der Waals surface area contributed by atoms with E-state index in [1.165, 1.54) is 55.7 Å². The summed E-state index contributed by atoms with van der Waals surface area (Å²) >= 11 is 0. The molecule has 0 atom stereocenters. The van der Waals surface area contributed by atoms with Gasteiger partial charge in [-0.25, -0.2) is 4.79 Å². The summed E-state index contributed by atoms with van der Waals surface area (Å²) in [4.78, 5) is 11.7. The highest BCUT2D eigenvalue weighted by molar-refractivity contribution is 5.81. The van der Waals surface area contributed by atoms with E-state index in [2.05, 4.69) is 44.7 Å². The second-order valence-electron chi connectivity index (χ2n) is 8.82. The Kier molecular flexibility index (Phi) is 6.21. The van der Waals surface area contributed by atoms with Gasteiger partial charge in [-0.3, -0.25) is 0 Å². The normalized spacial score (nSPS) is 32.0. The van der Waals surface area contributed by atoms with Gasteiger partial charge in [0.2, 0.25) is 0 Å². The number of carbonyl (C=O) groups excluding carboxylic acids is 1. The van der Waals surface area contributed by atoms with Gasteiger partial charge < -0.3 is 4.74 Å². The van der Waals surface area contributed by atoms with Gasteiger partial charge in [0.25, 0.3) is 0 Å². The molecule has 0 spiro atoms. The van der Waals surface area contributed by atoms with Crippen molar-refractivity contribution < 1.29 is 9.53 Å². The molecule has 2 nitrogen and oxygen atoms in total. The van der Waals surface area contributed by atoms with E-state index >= 15 is 0 Å². The summed E-state index contributed by atoms with van der Waals surface area (Å²) in [6, 6.07) is 8.83. The Morgan fingerprint density at radius 1 is 1.08 bits per heavy atom. The third-order valence-corrected chi connectivity index (χ3v) is 7.04. The van der Waals surface area contributed by atoms with E-state index in [0.29, 0.717) is 6.61 Å². The summed E-state index contributed by atoms with van der Waals surface area (Å²) in [5.74, 6) is 2.38. The average Bonchev–Trinajstić information content (AvgIpc) is 2.68. The molecule has 2 aliphatic rings. The third-order valence-electron chi connectivity index (χ3n) is 7.04. The Morgan fingerprint density at radius 2 is 1.65 bits per heavy atom. The van der Waals surface area contributed by atoms with Crippen molar-refractivity contribution in [1.82, 2.24) is 0 Å². The highest BCUT2D eigenvalue weighted by atomic mass is 16.5. The fourth-order valence-electron chi connectivity index (χ4n) is 5.11. The first-order chi connectivity index (χ1) is 12.5. The standard InChI is InChI=1S/C24H34O2/c1-4-23(25)26-17-24(22-11-7-19(3)8-12-22)15-13-21(14-16-24)20-9-5-18(2)6-10-20/h4,7-8,11-12,18,20-21H,1,5-6,9-10,13-17H2,2-3H3. The van der Waals surface area contributed by atoms with E-state index in [9.17, 15) is 4.79 Å². The number of esters is 1. The van der Waals surface area contributed by atoms with Gasteiger partial charge in [0.05, 0.1) is 0 Å². The van der Waals surface area contributed by atoms with Crippen molar-refractivity contribution in [2.24, 2.45) is 17.8 Å². The first-order valence-electron chi connectivity index (χ1n) is 10.4. The van der Waals surface area contributed by atoms with Crippen LogP contribution in [-0.2, 0) is 14.9 Å². The lowest BCUT2D eigenvalue weighted by Crippen LogP contribution is -2.39. The van der Waals surface area contributed by atoms with Crippen molar-refractivity contribution in [1.29, 1.82) is 0 Å². The molecule has 142 valence electrons. The van der Waals surface area contributed by atoms with Gasteiger partial charge in [-0.1, -0.05) is 56.2 Å². The molecular formula is C24H34O2. The van der Waals surface area contributed by atoms with Crippen molar-refractivity contribution in [3.63, 3.8) is 0 Å². The molecule has 2 heteroatoms. The van der Waals surface area contributed by atoms with Crippen LogP contribution >= 0.6 is 0 Å². The number of carbonyl (C=O) groups is 1. The van der Waals surface area contributed by atoms with Gasteiger partial charge in [0, 0.05) is 11.5 Å². The summed E-state index contributed by atoms with van der Waals surface area (Å²) in [6.07, 6.45) is 11.7. The molecule has 0 N–H and O–H groups in total. The number of hydrogen-bond acceptors (Lipinski definition) is 2. The zero-order valence-electron chi connectivity index (χ0n) is 16.5. The van der Waals surface area contributed by atoms with E-state index in [4.69, 9.17) is 4.74 Å². The predicted octanol–water partition coefficient (Wildman–Crippen LogP) is 5.98. The van der Waals surface area contributed by atoms with Crippen LogP contribution in [0.4, 0.5) is 0 Å². The average molecular weight is 355 g/mol. The highest BCUT2D eigenvalue weighted by Gasteiger charge is 2.40. The second-order valence-corrected chi connectivity index (χ2v) is 8.82. The van der Waals surface area contributed by atoms with E-state index in [1.807, 2.05) is 0 Å². The van der Waals surface area contributed by atoms with Gasteiger partial charge in [-0.2, -0.15) is 0 Å². The Balaban J connectivity index is 1.70. The Bertz CT molecular complexity index is 600. The van der Waals surface area contributed by atoms with E-state index in [-0.39, 0.29) is 11.4 Å². The topological polar surface area (TPSA) is 26.3 Å². The zero-order chi connectivity index (χ0) is 18.6. The van der Waals surface area contributed by atoms with Crippen molar-refractivity contribution in [3.05, 3.63) is 48.0 Å². The maximum absolute atomic E-state index is 11.7. The molecule has 0 radical (unpaired) electrons. The minimum absolute atomic E-state index is 0.0230. The van der Waals surface area contributed by atoms with Crippen LogP contribution in [0.15, 0.2) is 36.9 Å². The lowest BCUT2D eigenvalue weighted by Gasteiger charge is -2.43. The number of ether oxygens (including phenoxy) is 1. The van der Waals surface area contributed by atoms with Crippen LogP contribution in [0.3, 0.4) is 0 Å². The molecule has 0 aliphatic heterocycles. The molecule has 0 heterocycles. The first kappa shape index (κ1) is 19.2. The van der Waals surface area contributed by atoms with Crippen LogP contribution in [0.2, 0.25) is 0 Å². The molecule has 2 saturated carbocycles. The zero-order valence-corrected chi connectivity index (χ0v) is 16.5. The summed E-state index contributed by atoms with van der Waals surface area (Å²) in [5, 5.41) is 0. The third kappa shape index (κ3) is 4.39. The smallest absolute Gasteiger partial charge is 0.330 e. The Labute approximate surface area is 159 Å². The number of benzene rings is 1. The van der Waals surface area contributed by atoms with Crippen LogP contribution in [0.1, 0.15) is 69.4 Å². The van der Waals surface area contributed by atoms with Crippen LogP contribution in [0, 0.1) is 24.7 Å². The molecule has 0 aromatic heterocycles. The largest absolute Gasteiger partial charge is 0.462 e. The van der Waals surface area contributed by atoms with Crippen molar-refractivity contribution in [2.75, 3.05) is 6.61 Å². The van der Waals surface area contributed by atoms with Crippen LogP contribution in [-0.4, -0.2) is 12.6 Å². The molecule has 0 saturated heterocycles. The molecule has 0 unspecified atom stereocenters. The minimum Gasteiger partial charge on any atom is -0.462 e. The lowest BCUT2D eigenvalue weighted by molar-refractivity contribution is -0.140. The van der Waals surface area contributed by atoms with Gasteiger partial charge in [0.15, 0.2) is 0 Å². The molecule has 1 aromatic rings. The number of rotatable bonds is 5. The number of hydrogen-bond donors (Lipinski definition) is 0. The molecule has 2 aliphatic carbocycles. The lowest BCUT2D eigenvalue weighted by atomic mass is 9.62. The SMILES string of the molecule is C=CC(=O)OCC1(c2ccc(C)cc2)CCC(C2CCC(C)CC2)CC1. The van der Waals surface area contributed by atoms with Crippen molar-refractivity contribution in [2.45, 2.75) is 70.6 Å². The molecule has 26 heavy (non-hydrogen) atoms. The van der Waals surface area contributed by atoms with E-state index < -0.39 is 0 Å². The number of aryl methyl sites for hydroxylation is 1. The fourth-order valence-corrected chi connectivity index (χ4v) is 5.11. The van der Waals surface area contributed by atoms with Crippen molar-refractivity contribution in [3.8, 4) is 0 Å². The predicted molar refractivity (Wildman–Crippen MR) is 107 cm³/mol. The van der Waals surface area contributed by atoms with Gasteiger partial charge in [-0.15, -0.1) is 0 Å². The van der Waals surface area contributed by atoms with Crippen molar-refractivity contribution >= 4 is 5.97 Å². The van der Waals surface area contributed by atoms with Gasteiger partial charge in [0.1, 0.15) is 6.61 Å². The van der Waals surface area contributed by atoms with E-state index in [1.54, 1.807) is 0 Å². The fraction of sp³-hybridized carbons (Fsp3) is 0.625. The highest BCUT2D eigenvalue weighted by Crippen LogP contribution is 2.47. The van der Waals surface area contributed by atoms with Gasteiger partial charge in [-0.05, 0) is 68.8 Å². The minimum atomic E-state index is -0.306. The van der Waals surface area contributed by atoms with Crippen LogP contribution in [0.5, 0.6) is 0 Å². The molecule has 3 rings (SSSR count). The van der Waals surface area contributed by atoms with Gasteiger partial charge >= 0.3 is 5.97 Å². The molecule has 1 aromatic carbocycles. The summed E-state index contributed by atoms with van der Waals surface area (Å²) < 4.78 is 5.56. The maximum atomic E-state index is 11.7. The van der Waals surface area contributed by atoms with Crippen LogP contribution in [0.25, 0.3) is 0 Å². The first-order valence-corrected chi connectivity index (χ1v) is 10.4. The van der Waals surface area contributed by atoms with Crippen LogP contribution < -0.4 is 0 Å². The Morgan fingerprint density at radius 3 is 2.23 bits per heavy atom. The monoisotopic (exact) mass is 354 g/mol. The summed E-state index contributed by atoms with van der Waals surface area (Å²) in [6.45, 7) is 8.53. The molecule has 0 amide bonds. The molecular weight excluding hydrogens is 320 g/mol. The summed E-state index contributed by atoms with van der Waals surface area (Å²) in [7, 11) is 0. The molecule has 0 bridgehead atoms.